The van der Waals surface area contributed by atoms with Crippen molar-refractivity contribution < 1.29 is 19.1 Å². The number of rotatable bonds is 6. The maximum Gasteiger partial charge on any atom is 0.338 e. The van der Waals surface area contributed by atoms with Gasteiger partial charge in [0.2, 0.25) is 0 Å². The normalized spacial score (nSPS) is 13.6. The first kappa shape index (κ1) is 18.7. The maximum atomic E-state index is 12.2. The predicted molar refractivity (Wildman–Crippen MR) is 96.4 cm³/mol. The van der Waals surface area contributed by atoms with Crippen molar-refractivity contribution in [2.24, 2.45) is 5.41 Å². The lowest BCUT2D eigenvalue weighted by molar-refractivity contribution is -0.0591. The van der Waals surface area contributed by atoms with E-state index in [1.165, 1.54) is 0 Å². The Balaban J connectivity index is 2.01. The summed E-state index contributed by atoms with van der Waals surface area (Å²) in [5.74, 6) is -0.773. The number of carbonyl (C=O) groups excluding carboxylic acids is 2. The van der Waals surface area contributed by atoms with Crippen LogP contribution in [-0.2, 0) is 9.47 Å². The van der Waals surface area contributed by atoms with Gasteiger partial charge in [-0.2, -0.15) is 0 Å². The molecular weight excluding hydrogens is 316 g/mol. The largest absolute Gasteiger partial charge is 0.458 e. The summed E-state index contributed by atoms with van der Waals surface area (Å²) in [5, 5.41) is 0. The molecule has 0 aliphatic rings. The molecule has 0 saturated heterocycles. The Morgan fingerprint density at radius 2 is 1.04 bits per heavy atom. The van der Waals surface area contributed by atoms with Crippen LogP contribution >= 0.6 is 0 Å². The highest BCUT2D eigenvalue weighted by molar-refractivity contribution is 5.90. The van der Waals surface area contributed by atoms with Crippen LogP contribution in [0.3, 0.4) is 0 Å². The van der Waals surface area contributed by atoms with E-state index in [-0.39, 0.29) is 11.9 Å². The molecule has 2 aromatic carbocycles. The fraction of sp³-hybridized carbons (Fsp3) is 0.333. The van der Waals surface area contributed by atoms with E-state index in [0.717, 1.165) is 0 Å². The summed E-state index contributed by atoms with van der Waals surface area (Å²) >= 11 is 0. The molecule has 0 fully saturated rings. The molecule has 0 radical (unpaired) electrons. The van der Waals surface area contributed by atoms with Gasteiger partial charge in [0.1, 0.15) is 12.2 Å². The minimum Gasteiger partial charge on any atom is -0.458 e. The number of hydrogen-bond acceptors (Lipinski definition) is 4. The van der Waals surface area contributed by atoms with Crippen LogP contribution in [0.2, 0.25) is 0 Å². The van der Waals surface area contributed by atoms with Crippen molar-refractivity contribution in [3.05, 3.63) is 71.8 Å². The second-order valence-electron chi connectivity index (χ2n) is 6.65. The molecule has 25 heavy (non-hydrogen) atoms. The molecule has 0 saturated carbocycles. The second kappa shape index (κ2) is 7.97. The van der Waals surface area contributed by atoms with Gasteiger partial charge in [0, 0.05) is 5.41 Å². The predicted octanol–water partition coefficient (Wildman–Crippen LogP) is 4.50. The number of hydrogen-bond donors (Lipinski definition) is 0. The number of benzene rings is 2. The molecule has 0 spiro atoms. The summed E-state index contributed by atoms with van der Waals surface area (Å²) in [4.78, 5) is 24.5. The van der Waals surface area contributed by atoms with Crippen LogP contribution < -0.4 is 0 Å². The van der Waals surface area contributed by atoms with Gasteiger partial charge in [-0.1, -0.05) is 50.2 Å². The van der Waals surface area contributed by atoms with Crippen molar-refractivity contribution in [3.63, 3.8) is 0 Å². The van der Waals surface area contributed by atoms with Crippen LogP contribution in [0, 0.1) is 5.41 Å². The highest BCUT2D eigenvalue weighted by Crippen LogP contribution is 2.31. The van der Waals surface area contributed by atoms with Crippen molar-refractivity contribution in [1.29, 1.82) is 0 Å². The first-order valence-corrected chi connectivity index (χ1v) is 8.34. The smallest absolute Gasteiger partial charge is 0.338 e. The highest BCUT2D eigenvalue weighted by atomic mass is 16.6. The topological polar surface area (TPSA) is 52.6 Å². The molecule has 2 rings (SSSR count). The van der Waals surface area contributed by atoms with E-state index in [9.17, 15) is 9.59 Å². The Kier molecular flexibility index (Phi) is 5.97. The molecule has 0 aromatic heterocycles. The Bertz CT molecular complexity index is 646. The minimum absolute atomic E-state index is 0.386. The van der Waals surface area contributed by atoms with Gasteiger partial charge in [0.05, 0.1) is 11.1 Å². The summed E-state index contributed by atoms with van der Waals surface area (Å²) in [6, 6.07) is 17.7. The molecule has 2 atom stereocenters. The lowest BCUT2D eigenvalue weighted by Crippen LogP contribution is -2.42. The summed E-state index contributed by atoms with van der Waals surface area (Å²) in [7, 11) is 0. The lowest BCUT2D eigenvalue weighted by Gasteiger charge is -2.36. The second-order valence-corrected chi connectivity index (χ2v) is 6.65. The maximum absolute atomic E-state index is 12.2. The van der Waals surface area contributed by atoms with Crippen molar-refractivity contribution in [2.45, 2.75) is 39.9 Å². The number of carbonyl (C=O) groups is 2. The summed E-state index contributed by atoms with van der Waals surface area (Å²) in [6.07, 6.45) is -0.863. The zero-order valence-corrected chi connectivity index (χ0v) is 15.1. The molecule has 4 heteroatoms. The van der Waals surface area contributed by atoms with Gasteiger partial charge < -0.3 is 9.47 Å². The fourth-order valence-corrected chi connectivity index (χ4v) is 2.24. The molecule has 0 N–H and O–H groups in total. The Morgan fingerprint density at radius 1 is 0.720 bits per heavy atom. The molecule has 2 aromatic rings. The van der Waals surface area contributed by atoms with Crippen LogP contribution in [0.15, 0.2) is 60.7 Å². The van der Waals surface area contributed by atoms with E-state index in [2.05, 4.69) is 0 Å². The van der Waals surface area contributed by atoms with E-state index >= 15 is 0 Å². The Morgan fingerprint density at radius 3 is 1.36 bits per heavy atom. The van der Waals surface area contributed by atoms with Gasteiger partial charge in [-0.05, 0) is 38.1 Å². The van der Waals surface area contributed by atoms with Crippen LogP contribution in [0.5, 0.6) is 0 Å². The quantitative estimate of drug-likeness (QED) is 0.726. The molecule has 4 nitrogen and oxygen atoms in total. The molecule has 0 unspecified atom stereocenters. The third-order valence-corrected chi connectivity index (χ3v) is 4.68. The molecular formula is C21H24O4. The molecule has 132 valence electrons. The van der Waals surface area contributed by atoms with Gasteiger partial charge in [-0.3, -0.25) is 0 Å². The lowest BCUT2D eigenvalue weighted by atomic mass is 9.82. The van der Waals surface area contributed by atoms with E-state index in [4.69, 9.17) is 9.47 Å². The summed E-state index contributed by atoms with van der Waals surface area (Å²) in [5.41, 5.74) is 0.452. The molecule has 0 bridgehead atoms. The van der Waals surface area contributed by atoms with Crippen molar-refractivity contribution in [1.82, 2.24) is 0 Å². The number of esters is 2. The molecule has 0 amide bonds. The molecule has 0 aliphatic heterocycles. The summed E-state index contributed by atoms with van der Waals surface area (Å²) < 4.78 is 11.2. The van der Waals surface area contributed by atoms with Crippen molar-refractivity contribution in [2.75, 3.05) is 0 Å². The first-order valence-electron chi connectivity index (χ1n) is 8.34. The van der Waals surface area contributed by atoms with Gasteiger partial charge in [0.15, 0.2) is 0 Å². The molecule has 0 heterocycles. The van der Waals surface area contributed by atoms with Crippen LogP contribution in [0.1, 0.15) is 48.4 Å². The standard InChI is InChI=1S/C21H24O4/c1-15(24-19(22)17-11-7-5-8-12-17)21(3,4)16(2)25-20(23)18-13-9-6-10-14-18/h5-16H,1-4H3/t15-,16+. The Labute approximate surface area is 148 Å². The van der Waals surface area contributed by atoms with Crippen LogP contribution in [0.4, 0.5) is 0 Å². The van der Waals surface area contributed by atoms with Crippen LogP contribution in [0.25, 0.3) is 0 Å². The Hall–Kier alpha value is -2.62. The van der Waals surface area contributed by atoms with Crippen LogP contribution in [-0.4, -0.2) is 24.1 Å². The van der Waals surface area contributed by atoms with E-state index in [1.54, 1.807) is 48.5 Å². The average Bonchev–Trinajstić information content (AvgIpc) is 2.62. The number of ether oxygens (including phenoxy) is 2. The van der Waals surface area contributed by atoms with Gasteiger partial charge >= 0.3 is 11.9 Å². The van der Waals surface area contributed by atoms with Gasteiger partial charge in [-0.15, -0.1) is 0 Å². The van der Waals surface area contributed by atoms with Crippen molar-refractivity contribution in [3.8, 4) is 0 Å². The monoisotopic (exact) mass is 340 g/mol. The van der Waals surface area contributed by atoms with Gasteiger partial charge in [0.25, 0.3) is 0 Å². The van der Waals surface area contributed by atoms with Crippen molar-refractivity contribution >= 4 is 11.9 Å². The SMILES string of the molecule is C[C@H](OC(=O)c1ccccc1)C(C)(C)[C@@H](C)OC(=O)c1ccccc1. The zero-order chi connectivity index (χ0) is 18.4. The van der Waals surface area contributed by atoms with Gasteiger partial charge in [-0.25, -0.2) is 9.59 Å². The average molecular weight is 340 g/mol. The molecule has 0 aliphatic carbocycles. The summed E-state index contributed by atoms with van der Waals surface area (Å²) in [6.45, 7) is 7.46. The minimum atomic E-state index is -0.547. The van der Waals surface area contributed by atoms with E-state index in [1.807, 2.05) is 39.8 Å². The zero-order valence-electron chi connectivity index (χ0n) is 15.1. The first-order chi connectivity index (χ1) is 11.8. The third-order valence-electron chi connectivity index (χ3n) is 4.68. The van der Waals surface area contributed by atoms with E-state index < -0.39 is 17.6 Å². The van der Waals surface area contributed by atoms with E-state index in [0.29, 0.717) is 11.1 Å². The fourth-order valence-electron chi connectivity index (χ4n) is 2.24. The third kappa shape index (κ3) is 4.69. The highest BCUT2D eigenvalue weighted by Gasteiger charge is 2.37.